The molecule has 2 aliphatic rings. The zero-order valence-corrected chi connectivity index (χ0v) is 14.7. The lowest BCUT2D eigenvalue weighted by molar-refractivity contribution is -0.129. The van der Waals surface area contributed by atoms with E-state index in [4.69, 9.17) is 18.9 Å². The van der Waals surface area contributed by atoms with Crippen molar-refractivity contribution in [3.63, 3.8) is 0 Å². The minimum atomic E-state index is -0.508. The first-order valence-corrected chi connectivity index (χ1v) is 8.19. The second kappa shape index (κ2) is 6.25. The molecule has 25 heavy (non-hydrogen) atoms. The summed E-state index contributed by atoms with van der Waals surface area (Å²) in [5.41, 5.74) is 1.63. The lowest BCUT2D eigenvalue weighted by atomic mass is 10.1. The summed E-state index contributed by atoms with van der Waals surface area (Å²) in [6.45, 7) is 0.175. The van der Waals surface area contributed by atoms with Crippen molar-refractivity contribution in [1.82, 2.24) is 0 Å². The molecular formula is C18H12BrNO5. The van der Waals surface area contributed by atoms with Gasteiger partial charge in [0.25, 0.3) is 0 Å². The van der Waals surface area contributed by atoms with Crippen molar-refractivity contribution in [2.45, 2.75) is 0 Å². The molecule has 126 valence electrons. The number of hydrogen-bond acceptors (Lipinski definition) is 6. The Labute approximate surface area is 151 Å². The van der Waals surface area contributed by atoms with Crippen LogP contribution in [0.25, 0.3) is 6.08 Å². The van der Waals surface area contributed by atoms with Crippen molar-refractivity contribution in [3.8, 4) is 17.2 Å². The Hall–Kier alpha value is -2.80. The number of fused-ring (bicyclic) bond motifs is 1. The van der Waals surface area contributed by atoms with Gasteiger partial charge in [0.1, 0.15) is 5.75 Å². The molecule has 0 N–H and O–H groups in total. The van der Waals surface area contributed by atoms with Crippen molar-refractivity contribution < 1.29 is 23.7 Å². The van der Waals surface area contributed by atoms with Crippen molar-refractivity contribution >= 4 is 33.9 Å². The van der Waals surface area contributed by atoms with E-state index in [1.165, 1.54) is 0 Å². The third-order valence-electron chi connectivity index (χ3n) is 3.69. The molecule has 4 rings (SSSR count). The summed E-state index contributed by atoms with van der Waals surface area (Å²) in [6.07, 6.45) is 1.64. The number of carbonyl (C=O) groups is 1. The molecule has 0 bridgehead atoms. The van der Waals surface area contributed by atoms with Crippen LogP contribution in [0.5, 0.6) is 17.2 Å². The van der Waals surface area contributed by atoms with Gasteiger partial charge in [-0.15, -0.1) is 0 Å². The number of hydrogen-bond donors (Lipinski definition) is 0. The molecule has 0 atom stereocenters. The Morgan fingerprint density at radius 2 is 2.12 bits per heavy atom. The van der Waals surface area contributed by atoms with E-state index in [2.05, 4.69) is 20.9 Å². The fourth-order valence-corrected chi connectivity index (χ4v) is 3.09. The fourth-order valence-electron chi connectivity index (χ4n) is 2.52. The summed E-state index contributed by atoms with van der Waals surface area (Å²) in [6, 6.07) is 10.8. The van der Waals surface area contributed by atoms with Crippen LogP contribution >= 0.6 is 15.9 Å². The number of cyclic esters (lactones) is 1. The Balaban J connectivity index is 1.68. The normalized spacial score (nSPS) is 16.8. The average Bonchev–Trinajstić information content (AvgIpc) is 3.22. The number of nitrogens with zero attached hydrogens (tertiary/aromatic N) is 1. The Morgan fingerprint density at radius 1 is 1.24 bits per heavy atom. The van der Waals surface area contributed by atoms with Crippen molar-refractivity contribution in [2.75, 3.05) is 13.9 Å². The highest BCUT2D eigenvalue weighted by Gasteiger charge is 2.25. The lowest BCUT2D eigenvalue weighted by Gasteiger charge is -2.02. The lowest BCUT2D eigenvalue weighted by Crippen LogP contribution is -2.05. The van der Waals surface area contributed by atoms with E-state index < -0.39 is 5.97 Å². The molecule has 0 saturated carbocycles. The van der Waals surface area contributed by atoms with Crippen LogP contribution < -0.4 is 14.2 Å². The molecule has 0 amide bonds. The summed E-state index contributed by atoms with van der Waals surface area (Å²) in [7, 11) is 1.57. The van der Waals surface area contributed by atoms with E-state index >= 15 is 0 Å². The Bertz CT molecular complexity index is 935. The van der Waals surface area contributed by atoms with E-state index in [1.807, 2.05) is 12.1 Å². The third kappa shape index (κ3) is 2.98. The van der Waals surface area contributed by atoms with Crippen LogP contribution in [-0.2, 0) is 9.53 Å². The average molecular weight is 402 g/mol. The second-order valence-electron chi connectivity index (χ2n) is 5.30. The van der Waals surface area contributed by atoms with Gasteiger partial charge in [-0.1, -0.05) is 6.07 Å². The van der Waals surface area contributed by atoms with Crippen LogP contribution in [0.4, 0.5) is 0 Å². The van der Waals surface area contributed by atoms with Gasteiger partial charge in [-0.2, -0.15) is 0 Å². The molecule has 0 saturated heterocycles. The molecule has 0 unspecified atom stereocenters. The van der Waals surface area contributed by atoms with Gasteiger partial charge >= 0.3 is 5.97 Å². The predicted octanol–water partition coefficient (Wildman–Crippen LogP) is 3.53. The first kappa shape index (κ1) is 15.7. The SMILES string of the molecule is COc1cccc(C2=N/C(=C\c3cc(Br)c4c(c3)OCO4)C(=O)O2)c1. The highest BCUT2D eigenvalue weighted by atomic mass is 79.9. The molecule has 2 heterocycles. The number of carbonyl (C=O) groups excluding carboxylic acids is 1. The smallest absolute Gasteiger partial charge is 0.363 e. The van der Waals surface area contributed by atoms with Crippen molar-refractivity contribution in [2.24, 2.45) is 4.99 Å². The van der Waals surface area contributed by atoms with Gasteiger partial charge in [0.15, 0.2) is 17.2 Å². The number of ether oxygens (including phenoxy) is 4. The van der Waals surface area contributed by atoms with Gasteiger partial charge in [0.2, 0.25) is 12.7 Å². The topological polar surface area (TPSA) is 66.3 Å². The number of esters is 1. The van der Waals surface area contributed by atoms with Crippen molar-refractivity contribution in [1.29, 1.82) is 0 Å². The number of rotatable bonds is 3. The van der Waals surface area contributed by atoms with E-state index in [0.29, 0.717) is 22.8 Å². The molecule has 0 radical (unpaired) electrons. The molecule has 0 aliphatic carbocycles. The van der Waals surface area contributed by atoms with Gasteiger partial charge < -0.3 is 18.9 Å². The maximum Gasteiger partial charge on any atom is 0.363 e. The van der Waals surface area contributed by atoms with Gasteiger partial charge in [0, 0.05) is 5.56 Å². The van der Waals surface area contributed by atoms with E-state index in [9.17, 15) is 4.79 Å². The molecule has 6 nitrogen and oxygen atoms in total. The zero-order valence-electron chi connectivity index (χ0n) is 13.1. The fraction of sp³-hybridized carbons (Fsp3) is 0.111. The molecule has 0 spiro atoms. The summed E-state index contributed by atoms with van der Waals surface area (Å²) >= 11 is 3.43. The molecule has 2 aromatic rings. The first-order valence-electron chi connectivity index (χ1n) is 7.40. The maximum absolute atomic E-state index is 12.1. The summed E-state index contributed by atoms with van der Waals surface area (Å²) < 4.78 is 21.9. The molecule has 0 fully saturated rings. The van der Waals surface area contributed by atoms with Crippen LogP contribution in [0.1, 0.15) is 11.1 Å². The van der Waals surface area contributed by atoms with Gasteiger partial charge in [-0.3, -0.25) is 0 Å². The Kier molecular flexibility index (Phi) is 3.93. The highest BCUT2D eigenvalue weighted by molar-refractivity contribution is 9.10. The number of methoxy groups -OCH3 is 1. The summed E-state index contributed by atoms with van der Waals surface area (Å²) in [5, 5.41) is 0. The predicted molar refractivity (Wildman–Crippen MR) is 93.9 cm³/mol. The van der Waals surface area contributed by atoms with Crippen molar-refractivity contribution in [3.05, 3.63) is 57.7 Å². The van der Waals surface area contributed by atoms with Gasteiger partial charge in [-0.25, -0.2) is 9.79 Å². The molecule has 0 aromatic heterocycles. The third-order valence-corrected chi connectivity index (χ3v) is 4.28. The van der Waals surface area contributed by atoms with E-state index in [-0.39, 0.29) is 18.4 Å². The number of aliphatic imine (C=N–C) groups is 1. The minimum Gasteiger partial charge on any atom is -0.497 e. The largest absolute Gasteiger partial charge is 0.497 e. The van der Waals surface area contributed by atoms with E-state index in [0.717, 1.165) is 10.0 Å². The number of halogens is 1. The Morgan fingerprint density at radius 3 is 2.96 bits per heavy atom. The zero-order chi connectivity index (χ0) is 17.4. The van der Waals surface area contributed by atoms with Crippen LogP contribution in [0.3, 0.4) is 0 Å². The van der Waals surface area contributed by atoms with Crippen LogP contribution in [-0.4, -0.2) is 25.8 Å². The molecule has 2 aromatic carbocycles. The highest BCUT2D eigenvalue weighted by Crippen LogP contribution is 2.40. The monoisotopic (exact) mass is 401 g/mol. The number of benzene rings is 2. The quantitative estimate of drug-likeness (QED) is 0.581. The van der Waals surface area contributed by atoms with E-state index in [1.54, 1.807) is 37.5 Å². The van der Waals surface area contributed by atoms with Gasteiger partial charge in [0.05, 0.1) is 11.6 Å². The molecular weight excluding hydrogens is 390 g/mol. The molecule has 2 aliphatic heterocycles. The maximum atomic E-state index is 12.1. The van der Waals surface area contributed by atoms with Crippen LogP contribution in [0.15, 0.2) is 51.6 Å². The summed E-state index contributed by atoms with van der Waals surface area (Å²) in [4.78, 5) is 16.4. The summed E-state index contributed by atoms with van der Waals surface area (Å²) in [5.74, 6) is 1.66. The molecule has 7 heteroatoms. The standard InChI is InChI=1S/C18H12BrNO5/c1-22-12-4-2-3-11(8-12)17-20-14(18(21)25-17)6-10-5-13(19)16-15(7-10)23-9-24-16/h2-8H,9H2,1H3/b14-6-. The first-order chi connectivity index (χ1) is 12.1. The van der Waals surface area contributed by atoms with Crippen LogP contribution in [0.2, 0.25) is 0 Å². The van der Waals surface area contributed by atoms with Gasteiger partial charge in [-0.05, 0) is 57.9 Å². The second-order valence-corrected chi connectivity index (χ2v) is 6.16. The van der Waals surface area contributed by atoms with Crippen LogP contribution in [0, 0.1) is 0 Å². The minimum absolute atomic E-state index is 0.175.